The minimum atomic E-state index is -3.77. The van der Waals surface area contributed by atoms with Gasteiger partial charge < -0.3 is 20.3 Å². The van der Waals surface area contributed by atoms with E-state index in [-0.39, 0.29) is 51.0 Å². The lowest BCUT2D eigenvalue weighted by Crippen LogP contribution is -2.51. The first kappa shape index (κ1) is 28.0. The molecular weight excluding hydrogens is 496 g/mol. The number of anilines is 1. The molecule has 2 aromatic carbocycles. The van der Waals surface area contributed by atoms with Crippen molar-refractivity contribution in [2.75, 3.05) is 43.3 Å². The standard InChI is InChI=1S/C26H34N4O6S/c1-19-11-12-23-22(18-19)25(32)28-13-16-29(15-7-10-24(31)27-14-17-36-23)26(33)20(2)30(37(3,34)35)21-8-5-4-6-9-21/h4-6,8-9,11-12,18,20H,7,10,13-17H2,1-3H3,(H,27,31)(H,28,32). The van der Waals surface area contributed by atoms with Gasteiger partial charge in [-0.25, -0.2) is 8.42 Å². The fourth-order valence-electron chi connectivity index (χ4n) is 4.19. The molecule has 37 heavy (non-hydrogen) atoms. The Hall–Kier alpha value is -3.60. The Morgan fingerprint density at radius 1 is 1.05 bits per heavy atom. The van der Waals surface area contributed by atoms with Gasteiger partial charge >= 0.3 is 0 Å². The molecule has 1 heterocycles. The second-order valence-corrected chi connectivity index (χ2v) is 10.8. The minimum absolute atomic E-state index is 0.140. The number of rotatable bonds is 4. The van der Waals surface area contributed by atoms with Crippen LogP contribution in [0.5, 0.6) is 5.75 Å². The molecule has 0 saturated heterocycles. The number of sulfonamides is 1. The quantitative estimate of drug-likeness (QED) is 0.620. The highest BCUT2D eigenvalue weighted by molar-refractivity contribution is 7.92. The number of aryl methyl sites for hydroxylation is 1. The van der Waals surface area contributed by atoms with E-state index in [0.29, 0.717) is 23.4 Å². The van der Waals surface area contributed by atoms with Gasteiger partial charge in [0.25, 0.3) is 5.91 Å². The summed E-state index contributed by atoms with van der Waals surface area (Å²) in [7, 11) is -3.77. The molecule has 0 spiro atoms. The molecule has 2 aromatic rings. The van der Waals surface area contributed by atoms with E-state index in [2.05, 4.69) is 10.6 Å². The molecule has 0 aliphatic carbocycles. The molecule has 3 rings (SSSR count). The number of hydrogen-bond acceptors (Lipinski definition) is 6. The molecule has 0 radical (unpaired) electrons. The van der Waals surface area contributed by atoms with E-state index in [1.807, 2.05) is 13.0 Å². The summed E-state index contributed by atoms with van der Waals surface area (Å²) in [6.45, 7) is 4.39. The molecule has 1 unspecified atom stereocenters. The Bertz CT molecular complexity index is 1220. The normalized spacial score (nSPS) is 16.7. The zero-order chi connectivity index (χ0) is 27.0. The highest BCUT2D eigenvalue weighted by atomic mass is 32.2. The monoisotopic (exact) mass is 530 g/mol. The van der Waals surface area contributed by atoms with Crippen LogP contribution in [0.2, 0.25) is 0 Å². The maximum absolute atomic E-state index is 13.5. The second-order valence-electron chi connectivity index (χ2n) is 8.95. The van der Waals surface area contributed by atoms with Crippen LogP contribution >= 0.6 is 0 Å². The summed E-state index contributed by atoms with van der Waals surface area (Å²) in [6, 6.07) is 12.7. The van der Waals surface area contributed by atoms with E-state index in [4.69, 9.17) is 4.74 Å². The van der Waals surface area contributed by atoms with Crippen LogP contribution < -0.4 is 19.7 Å². The van der Waals surface area contributed by atoms with E-state index in [1.54, 1.807) is 42.5 Å². The van der Waals surface area contributed by atoms with Crippen LogP contribution in [0.3, 0.4) is 0 Å². The van der Waals surface area contributed by atoms with Crippen molar-refractivity contribution >= 4 is 33.4 Å². The predicted octanol–water partition coefficient (Wildman–Crippen LogP) is 1.70. The van der Waals surface area contributed by atoms with Crippen LogP contribution in [0.4, 0.5) is 5.69 Å². The number of para-hydroxylation sites is 1. The number of nitrogens with one attached hydrogen (secondary N) is 2. The molecule has 1 aliphatic rings. The average molecular weight is 531 g/mol. The first-order valence-corrected chi connectivity index (χ1v) is 14.0. The molecule has 10 nitrogen and oxygen atoms in total. The van der Waals surface area contributed by atoms with Gasteiger partial charge in [0.05, 0.1) is 24.1 Å². The molecule has 0 fully saturated rings. The number of amides is 3. The van der Waals surface area contributed by atoms with Crippen LogP contribution in [-0.4, -0.2) is 76.1 Å². The SMILES string of the molecule is Cc1ccc2c(c1)C(=O)NCCN(C(=O)C(C)N(c1ccccc1)S(C)(=O)=O)CCCC(=O)NCCO2. The Labute approximate surface area is 218 Å². The lowest BCUT2D eigenvalue weighted by molar-refractivity contribution is -0.132. The van der Waals surface area contributed by atoms with Gasteiger partial charge in [-0.05, 0) is 44.5 Å². The molecular formula is C26H34N4O6S. The number of benzene rings is 2. The van der Waals surface area contributed by atoms with Crippen molar-refractivity contribution in [3.8, 4) is 5.75 Å². The zero-order valence-corrected chi connectivity index (χ0v) is 22.2. The van der Waals surface area contributed by atoms with Crippen LogP contribution in [0.25, 0.3) is 0 Å². The molecule has 0 bridgehead atoms. The van der Waals surface area contributed by atoms with Gasteiger partial charge in [0, 0.05) is 26.1 Å². The summed E-state index contributed by atoms with van der Waals surface area (Å²) in [5, 5.41) is 5.61. The maximum atomic E-state index is 13.5. The fourth-order valence-corrected chi connectivity index (χ4v) is 5.36. The Kier molecular flexibility index (Phi) is 9.51. The minimum Gasteiger partial charge on any atom is -0.491 e. The third-order valence-corrected chi connectivity index (χ3v) is 7.19. The van der Waals surface area contributed by atoms with Gasteiger partial charge in [0.2, 0.25) is 21.8 Å². The van der Waals surface area contributed by atoms with Crippen molar-refractivity contribution in [2.45, 2.75) is 32.7 Å². The average Bonchev–Trinajstić information content (AvgIpc) is 2.85. The largest absolute Gasteiger partial charge is 0.491 e. The van der Waals surface area contributed by atoms with Gasteiger partial charge in [0.15, 0.2) is 0 Å². The molecule has 2 N–H and O–H groups in total. The van der Waals surface area contributed by atoms with Gasteiger partial charge in [0.1, 0.15) is 18.4 Å². The third kappa shape index (κ3) is 7.69. The van der Waals surface area contributed by atoms with Crippen LogP contribution in [0.15, 0.2) is 48.5 Å². The summed E-state index contributed by atoms with van der Waals surface area (Å²) in [4.78, 5) is 40.2. The molecule has 1 atom stereocenters. The first-order chi connectivity index (χ1) is 17.6. The summed E-state index contributed by atoms with van der Waals surface area (Å²) in [5.41, 5.74) is 1.62. The maximum Gasteiger partial charge on any atom is 0.255 e. The zero-order valence-electron chi connectivity index (χ0n) is 21.4. The van der Waals surface area contributed by atoms with Crippen molar-refractivity contribution in [1.29, 1.82) is 0 Å². The molecule has 0 aromatic heterocycles. The van der Waals surface area contributed by atoms with Gasteiger partial charge in [-0.1, -0.05) is 29.8 Å². The molecule has 0 saturated carbocycles. The van der Waals surface area contributed by atoms with Crippen molar-refractivity contribution < 1.29 is 27.5 Å². The van der Waals surface area contributed by atoms with Crippen LogP contribution in [0, 0.1) is 6.92 Å². The number of nitrogens with zero attached hydrogens (tertiary/aromatic N) is 2. The number of hydrogen-bond donors (Lipinski definition) is 2. The van der Waals surface area contributed by atoms with E-state index in [1.165, 1.54) is 11.8 Å². The Morgan fingerprint density at radius 2 is 1.78 bits per heavy atom. The molecule has 11 heteroatoms. The lowest BCUT2D eigenvalue weighted by Gasteiger charge is -2.33. The van der Waals surface area contributed by atoms with Crippen molar-refractivity contribution in [3.05, 3.63) is 59.7 Å². The van der Waals surface area contributed by atoms with Crippen LogP contribution in [-0.2, 0) is 19.6 Å². The first-order valence-electron chi connectivity index (χ1n) is 12.2. The van der Waals surface area contributed by atoms with Crippen molar-refractivity contribution in [1.82, 2.24) is 15.5 Å². The van der Waals surface area contributed by atoms with Gasteiger partial charge in [-0.3, -0.25) is 18.7 Å². The van der Waals surface area contributed by atoms with E-state index in [9.17, 15) is 22.8 Å². The number of carbonyl (C=O) groups is 3. The summed E-state index contributed by atoms with van der Waals surface area (Å²) in [6.07, 6.45) is 1.62. The number of ether oxygens (including phenoxy) is 1. The number of carbonyl (C=O) groups excluding carboxylic acids is 3. The highest BCUT2D eigenvalue weighted by Crippen LogP contribution is 2.22. The Morgan fingerprint density at radius 3 is 2.49 bits per heavy atom. The predicted molar refractivity (Wildman–Crippen MR) is 141 cm³/mol. The smallest absolute Gasteiger partial charge is 0.255 e. The lowest BCUT2D eigenvalue weighted by atomic mass is 10.1. The van der Waals surface area contributed by atoms with E-state index >= 15 is 0 Å². The molecule has 200 valence electrons. The fraction of sp³-hybridized carbons (Fsp3) is 0.423. The van der Waals surface area contributed by atoms with Gasteiger partial charge in [-0.15, -0.1) is 0 Å². The summed E-state index contributed by atoms with van der Waals surface area (Å²) >= 11 is 0. The third-order valence-electron chi connectivity index (χ3n) is 5.95. The molecule has 3 amide bonds. The summed E-state index contributed by atoms with van der Waals surface area (Å²) in [5.74, 6) is -0.548. The van der Waals surface area contributed by atoms with Crippen LogP contribution in [0.1, 0.15) is 35.7 Å². The van der Waals surface area contributed by atoms with Crippen molar-refractivity contribution in [3.63, 3.8) is 0 Å². The highest BCUT2D eigenvalue weighted by Gasteiger charge is 2.32. The summed E-state index contributed by atoms with van der Waals surface area (Å²) < 4.78 is 32.1. The second kappa shape index (κ2) is 12.6. The van der Waals surface area contributed by atoms with Gasteiger partial charge in [-0.2, -0.15) is 0 Å². The van der Waals surface area contributed by atoms with E-state index in [0.717, 1.165) is 16.1 Å². The Balaban J connectivity index is 1.83. The van der Waals surface area contributed by atoms with E-state index < -0.39 is 22.0 Å². The molecule has 1 aliphatic heterocycles. The topological polar surface area (TPSA) is 125 Å². The van der Waals surface area contributed by atoms with Crippen molar-refractivity contribution in [2.24, 2.45) is 0 Å². The number of fused-ring (bicyclic) bond motifs is 1.